The second-order valence-electron chi connectivity index (χ2n) is 8.06. The molecule has 0 unspecified atom stereocenters. The normalized spacial score (nSPS) is 10.7. The van der Waals surface area contributed by atoms with Gasteiger partial charge in [0.15, 0.2) is 0 Å². The fourth-order valence-electron chi connectivity index (χ4n) is 3.54. The fourth-order valence-corrected chi connectivity index (χ4v) is 3.54. The largest absolute Gasteiger partial charge is 0.462 e. The van der Waals surface area contributed by atoms with E-state index in [9.17, 15) is 14.0 Å². The molecule has 174 valence electrons. The number of ether oxygens (including phenoxy) is 2. The van der Waals surface area contributed by atoms with Gasteiger partial charge in [0, 0.05) is 6.07 Å². The van der Waals surface area contributed by atoms with Crippen LogP contribution in [0.4, 0.5) is 4.39 Å². The molecular formula is C27H35FO4. The predicted molar refractivity (Wildman–Crippen MR) is 125 cm³/mol. The van der Waals surface area contributed by atoms with E-state index in [4.69, 9.17) is 9.47 Å². The van der Waals surface area contributed by atoms with Crippen LogP contribution >= 0.6 is 0 Å². The zero-order chi connectivity index (χ0) is 23.0. The minimum absolute atomic E-state index is 0.0825. The van der Waals surface area contributed by atoms with Gasteiger partial charge in [-0.2, -0.15) is 0 Å². The number of hydrogen-bond acceptors (Lipinski definition) is 4. The summed E-state index contributed by atoms with van der Waals surface area (Å²) in [6.45, 7) is 2.56. The number of hydrogen-bond donors (Lipinski definition) is 0. The molecule has 0 aromatic heterocycles. The Bertz CT molecular complexity index is 834. The van der Waals surface area contributed by atoms with Gasteiger partial charge in [-0.25, -0.2) is 14.0 Å². The third kappa shape index (κ3) is 9.63. The second kappa shape index (κ2) is 15.2. The van der Waals surface area contributed by atoms with Crippen LogP contribution in [0.1, 0.15) is 98.3 Å². The smallest absolute Gasteiger partial charge is 0.344 e. The molecule has 2 aromatic carbocycles. The first-order valence-electron chi connectivity index (χ1n) is 11.9. The van der Waals surface area contributed by atoms with Crippen molar-refractivity contribution in [1.82, 2.24) is 0 Å². The lowest BCUT2D eigenvalue weighted by atomic mass is 10.1. The monoisotopic (exact) mass is 442 g/mol. The summed E-state index contributed by atoms with van der Waals surface area (Å²) in [7, 11) is 0. The summed E-state index contributed by atoms with van der Waals surface area (Å²) in [4.78, 5) is 24.9. The van der Waals surface area contributed by atoms with Crippen molar-refractivity contribution in [3.05, 3.63) is 65.5 Å². The van der Waals surface area contributed by atoms with Crippen LogP contribution in [0.2, 0.25) is 0 Å². The SMILES string of the molecule is CCCCCCCCCCCCCOC(=O)c1ccccc1C(=O)Oc1cccc(F)c1. The highest BCUT2D eigenvalue weighted by molar-refractivity contribution is 6.03. The van der Waals surface area contributed by atoms with E-state index in [0.29, 0.717) is 6.61 Å². The number of halogens is 1. The van der Waals surface area contributed by atoms with Gasteiger partial charge in [-0.1, -0.05) is 89.3 Å². The van der Waals surface area contributed by atoms with Crippen molar-refractivity contribution in [3.8, 4) is 5.75 Å². The van der Waals surface area contributed by atoms with Gasteiger partial charge in [0.05, 0.1) is 17.7 Å². The maximum Gasteiger partial charge on any atom is 0.344 e. The van der Waals surface area contributed by atoms with E-state index in [1.54, 1.807) is 12.1 Å². The minimum atomic E-state index is -0.724. The summed E-state index contributed by atoms with van der Waals surface area (Å²) in [5.41, 5.74) is 0.248. The molecule has 2 aromatic rings. The molecule has 0 aliphatic heterocycles. The molecule has 5 heteroatoms. The third-order valence-electron chi connectivity index (χ3n) is 5.35. The highest BCUT2D eigenvalue weighted by Crippen LogP contribution is 2.17. The minimum Gasteiger partial charge on any atom is -0.462 e. The van der Waals surface area contributed by atoms with Crippen molar-refractivity contribution in [2.45, 2.75) is 77.6 Å². The molecule has 0 radical (unpaired) electrons. The molecule has 4 nitrogen and oxygen atoms in total. The number of rotatable bonds is 15. The molecule has 0 heterocycles. The molecule has 0 aliphatic rings. The number of benzene rings is 2. The molecule has 2 rings (SSSR count). The zero-order valence-electron chi connectivity index (χ0n) is 19.1. The molecular weight excluding hydrogens is 407 g/mol. The quantitative estimate of drug-likeness (QED) is 0.163. The van der Waals surface area contributed by atoms with Crippen molar-refractivity contribution in [2.24, 2.45) is 0 Å². The van der Waals surface area contributed by atoms with Gasteiger partial charge in [0.25, 0.3) is 0 Å². The first-order chi connectivity index (χ1) is 15.6. The van der Waals surface area contributed by atoms with Gasteiger partial charge < -0.3 is 9.47 Å². The van der Waals surface area contributed by atoms with Gasteiger partial charge in [-0.05, 0) is 30.7 Å². The summed E-state index contributed by atoms with van der Waals surface area (Å²) in [5, 5.41) is 0. The Morgan fingerprint density at radius 3 is 1.88 bits per heavy atom. The predicted octanol–water partition coefficient (Wildman–Crippen LogP) is 7.51. The van der Waals surface area contributed by atoms with Crippen LogP contribution in [0.3, 0.4) is 0 Å². The Morgan fingerprint density at radius 1 is 0.719 bits per heavy atom. The lowest BCUT2D eigenvalue weighted by Gasteiger charge is -2.10. The number of esters is 2. The van der Waals surface area contributed by atoms with Crippen LogP contribution in [0.25, 0.3) is 0 Å². The average Bonchev–Trinajstić information content (AvgIpc) is 2.79. The molecule has 0 saturated heterocycles. The maximum absolute atomic E-state index is 13.3. The summed E-state index contributed by atoms with van der Waals surface area (Å²) in [6.07, 6.45) is 13.4. The second-order valence-corrected chi connectivity index (χ2v) is 8.06. The topological polar surface area (TPSA) is 52.6 Å². The number of carbonyl (C=O) groups excluding carboxylic acids is 2. The van der Waals surface area contributed by atoms with Gasteiger partial charge in [0.1, 0.15) is 11.6 Å². The van der Waals surface area contributed by atoms with Gasteiger partial charge in [-0.15, -0.1) is 0 Å². The molecule has 0 amide bonds. The van der Waals surface area contributed by atoms with E-state index in [0.717, 1.165) is 25.3 Å². The summed E-state index contributed by atoms with van der Waals surface area (Å²) < 4.78 is 23.9. The van der Waals surface area contributed by atoms with Crippen LogP contribution in [0.15, 0.2) is 48.5 Å². The standard InChI is InChI=1S/C27H35FO4/c1-2-3-4-5-6-7-8-9-10-11-14-20-31-26(29)24-18-12-13-19-25(24)27(30)32-23-17-15-16-22(28)21-23/h12-13,15-19,21H,2-11,14,20H2,1H3. The maximum atomic E-state index is 13.3. The van der Waals surface area contributed by atoms with Crippen LogP contribution < -0.4 is 4.74 Å². The lowest BCUT2D eigenvalue weighted by Crippen LogP contribution is -2.16. The summed E-state index contributed by atoms with van der Waals surface area (Å²) in [5.74, 6) is -1.70. The van der Waals surface area contributed by atoms with Crippen molar-refractivity contribution < 1.29 is 23.5 Å². The van der Waals surface area contributed by atoms with Crippen molar-refractivity contribution in [1.29, 1.82) is 0 Å². The Labute approximate surface area is 191 Å². The zero-order valence-corrected chi connectivity index (χ0v) is 19.1. The van der Waals surface area contributed by atoms with E-state index >= 15 is 0 Å². The van der Waals surface area contributed by atoms with Crippen molar-refractivity contribution in [3.63, 3.8) is 0 Å². The van der Waals surface area contributed by atoms with E-state index in [1.165, 1.54) is 81.7 Å². The highest BCUT2D eigenvalue weighted by atomic mass is 19.1. The van der Waals surface area contributed by atoms with Gasteiger partial charge in [-0.3, -0.25) is 0 Å². The average molecular weight is 443 g/mol. The van der Waals surface area contributed by atoms with E-state index in [1.807, 2.05) is 0 Å². The molecule has 0 fully saturated rings. The van der Waals surface area contributed by atoms with E-state index < -0.39 is 17.8 Å². The first kappa shape index (κ1) is 25.6. The van der Waals surface area contributed by atoms with E-state index in [2.05, 4.69) is 6.92 Å². The Balaban J connectivity index is 1.68. The molecule has 0 bridgehead atoms. The highest BCUT2D eigenvalue weighted by Gasteiger charge is 2.19. The van der Waals surface area contributed by atoms with Crippen LogP contribution in [-0.2, 0) is 4.74 Å². The number of unbranched alkanes of at least 4 members (excludes halogenated alkanes) is 10. The summed E-state index contributed by atoms with van der Waals surface area (Å²) in [6, 6.07) is 11.6. The van der Waals surface area contributed by atoms with Gasteiger partial charge in [0.2, 0.25) is 0 Å². The van der Waals surface area contributed by atoms with Crippen LogP contribution in [0, 0.1) is 5.82 Å². The number of carbonyl (C=O) groups is 2. The summed E-state index contributed by atoms with van der Waals surface area (Å²) >= 11 is 0. The molecule has 0 saturated carbocycles. The van der Waals surface area contributed by atoms with Crippen LogP contribution in [0.5, 0.6) is 5.75 Å². The Morgan fingerprint density at radius 2 is 1.28 bits per heavy atom. The first-order valence-corrected chi connectivity index (χ1v) is 11.9. The van der Waals surface area contributed by atoms with Crippen molar-refractivity contribution >= 4 is 11.9 Å². The molecule has 0 atom stereocenters. The molecule has 0 N–H and O–H groups in total. The third-order valence-corrected chi connectivity index (χ3v) is 5.35. The van der Waals surface area contributed by atoms with Crippen molar-refractivity contribution in [2.75, 3.05) is 6.61 Å². The van der Waals surface area contributed by atoms with E-state index in [-0.39, 0.29) is 16.9 Å². The fraction of sp³-hybridized carbons (Fsp3) is 0.481. The van der Waals surface area contributed by atoms with Gasteiger partial charge >= 0.3 is 11.9 Å². The molecule has 0 spiro atoms. The Kier molecular flexibility index (Phi) is 12.1. The van der Waals surface area contributed by atoms with Crippen LogP contribution in [-0.4, -0.2) is 18.5 Å². The lowest BCUT2D eigenvalue weighted by molar-refractivity contribution is 0.0489. The molecule has 32 heavy (non-hydrogen) atoms. The Hall–Kier alpha value is -2.69. The molecule has 0 aliphatic carbocycles.